The summed E-state index contributed by atoms with van der Waals surface area (Å²) in [5.41, 5.74) is 1.12. The van der Waals surface area contributed by atoms with E-state index < -0.39 is 96.2 Å². The lowest BCUT2D eigenvalue weighted by Crippen LogP contribution is -2.55. The van der Waals surface area contributed by atoms with E-state index in [1.165, 1.54) is 38.3 Å². The summed E-state index contributed by atoms with van der Waals surface area (Å²) in [5, 5.41) is 19.3. The molecule has 21 nitrogen and oxygen atoms in total. The molecule has 4 N–H and O–H groups in total. The number of amides is 8. The summed E-state index contributed by atoms with van der Waals surface area (Å²) in [5.74, 6) is -5.28. The van der Waals surface area contributed by atoms with Crippen LogP contribution in [0.25, 0.3) is 0 Å². The maximum Gasteiger partial charge on any atom is 0.412 e. The molecular formula is C64H93N7O14. The maximum absolute atomic E-state index is 14.9. The molecule has 85 heavy (non-hydrogen) atoms. The Labute approximate surface area is 501 Å². The van der Waals surface area contributed by atoms with Crippen LogP contribution in [-0.2, 0) is 54.3 Å². The van der Waals surface area contributed by atoms with Gasteiger partial charge in [-0.1, -0.05) is 104 Å². The van der Waals surface area contributed by atoms with E-state index in [1.807, 2.05) is 58.0 Å². The molecule has 5 rings (SSSR count). The number of Topliss-reactive ketones (excluding diaryl/α,β-unsaturated/α-hetero) is 1. The molecule has 2 heterocycles. The number of aliphatic hydroxyl groups is 1. The summed E-state index contributed by atoms with van der Waals surface area (Å²) in [7, 11) is 6.16. The molecule has 1 unspecified atom stereocenters. The van der Waals surface area contributed by atoms with Gasteiger partial charge in [0.05, 0.1) is 66.1 Å². The Morgan fingerprint density at radius 3 is 2.14 bits per heavy atom. The first kappa shape index (κ1) is 68.8. The molecule has 2 aliphatic heterocycles. The first-order valence-electron chi connectivity index (χ1n) is 30.1. The van der Waals surface area contributed by atoms with Crippen LogP contribution in [-0.4, -0.2) is 169 Å². The molecule has 8 amide bonds. The second-order valence-electron chi connectivity index (χ2n) is 23.5. The Bertz CT molecular complexity index is 2660. The van der Waals surface area contributed by atoms with Crippen molar-refractivity contribution in [2.45, 2.75) is 175 Å². The van der Waals surface area contributed by atoms with Gasteiger partial charge in [0.2, 0.25) is 17.7 Å². The molecule has 1 saturated heterocycles. The molecule has 11 atom stereocenters. The number of hydrogen-bond acceptors (Lipinski definition) is 14. The second-order valence-corrected chi connectivity index (χ2v) is 23.5. The number of ether oxygens (including phenoxy) is 4. The lowest BCUT2D eigenvalue weighted by atomic mass is 9.83. The van der Waals surface area contributed by atoms with E-state index in [9.17, 15) is 48.3 Å². The minimum Gasteiger partial charge on any atom is -0.445 e. The van der Waals surface area contributed by atoms with Crippen LogP contribution in [0, 0.1) is 29.6 Å². The molecule has 2 aromatic carbocycles. The average molecular weight is 1180 g/mol. The minimum atomic E-state index is -1.01. The Hall–Kier alpha value is -6.97. The maximum atomic E-state index is 14.9. The molecule has 0 radical (unpaired) electrons. The van der Waals surface area contributed by atoms with Crippen LogP contribution in [0.1, 0.15) is 147 Å². The highest BCUT2D eigenvalue weighted by molar-refractivity contribution is 6.13. The van der Waals surface area contributed by atoms with Gasteiger partial charge in [0.25, 0.3) is 17.7 Å². The van der Waals surface area contributed by atoms with Gasteiger partial charge in [0.1, 0.15) is 12.7 Å². The van der Waals surface area contributed by atoms with E-state index in [0.717, 1.165) is 42.7 Å². The number of benzene rings is 2. The summed E-state index contributed by atoms with van der Waals surface area (Å²) in [6.45, 7) is 14.7. The molecule has 0 spiro atoms. The molecule has 1 aliphatic carbocycles. The molecule has 21 heteroatoms. The fourth-order valence-electron chi connectivity index (χ4n) is 11.8. The van der Waals surface area contributed by atoms with Crippen LogP contribution in [0.2, 0.25) is 0 Å². The van der Waals surface area contributed by atoms with Crippen LogP contribution < -0.4 is 16.0 Å². The Morgan fingerprint density at radius 2 is 1.51 bits per heavy atom. The highest BCUT2D eigenvalue weighted by Gasteiger charge is 2.44. The average Bonchev–Trinajstić information content (AvgIpc) is 3.70. The van der Waals surface area contributed by atoms with Crippen molar-refractivity contribution < 1.29 is 67.2 Å². The van der Waals surface area contributed by atoms with Crippen LogP contribution in [0.4, 0.5) is 15.3 Å². The van der Waals surface area contributed by atoms with Crippen molar-refractivity contribution in [1.82, 2.24) is 30.2 Å². The second kappa shape index (κ2) is 33.1. The van der Waals surface area contributed by atoms with Gasteiger partial charge in [0.15, 0.2) is 5.78 Å². The summed E-state index contributed by atoms with van der Waals surface area (Å²) in [6, 6.07) is 10.9. The van der Waals surface area contributed by atoms with Gasteiger partial charge in [-0.3, -0.25) is 43.8 Å². The molecular weight excluding hydrogens is 1090 g/mol. The minimum absolute atomic E-state index is 0.00976. The predicted molar refractivity (Wildman–Crippen MR) is 320 cm³/mol. The topological polar surface area (TPSA) is 260 Å². The lowest BCUT2D eigenvalue weighted by molar-refractivity contribution is -0.149. The van der Waals surface area contributed by atoms with Crippen molar-refractivity contribution in [3.63, 3.8) is 0 Å². The van der Waals surface area contributed by atoms with Gasteiger partial charge < -0.3 is 49.4 Å². The van der Waals surface area contributed by atoms with Crippen molar-refractivity contribution in [2.24, 2.45) is 29.6 Å². The number of rotatable bonds is 29. The van der Waals surface area contributed by atoms with Crippen molar-refractivity contribution in [2.75, 3.05) is 53.3 Å². The van der Waals surface area contributed by atoms with Gasteiger partial charge in [-0.15, -0.1) is 0 Å². The van der Waals surface area contributed by atoms with Gasteiger partial charge >= 0.3 is 12.2 Å². The number of methoxy groups -OCH3 is 2. The molecule has 0 aromatic heterocycles. The first-order chi connectivity index (χ1) is 40.4. The van der Waals surface area contributed by atoms with E-state index in [1.54, 1.807) is 62.7 Å². The predicted octanol–water partition coefficient (Wildman–Crippen LogP) is 7.76. The molecule has 2 aromatic rings. The standard InChI is InChI=1S/C64H93N7O14/c1-13-41(6)57(52(82-11)37-55(75)70-33-22-27-50(70)59(83-12)42(7)60(77)66-43(8)58(76)45-23-18-17-19-24-45)68(9)62(79)47(39(2)3)36-51(72)56(40(4)5)69(10)64(81)84-38-44-28-29-49(67-63(80)85-46-25-20-15-14-16-21-26-46)48(35-44)61(78)65-32-34-71-53(73)30-31-54(71)74/h17-20,23-25,28-31,35,39-43,46-47,50,52,56-59,76H,13-16,21-22,26-27,32-34,36-38H2,1-12H3,(H,65,78)(H,66,77)(H,67,80)/b25-20+/t41-,42+,43+,46?,47-,50-,52+,56-,57-,58+,59+/m0/s1. The molecule has 1 fully saturated rings. The number of imide groups is 1. The summed E-state index contributed by atoms with van der Waals surface area (Å²) >= 11 is 0. The van der Waals surface area contributed by atoms with E-state index >= 15 is 0 Å². The smallest absolute Gasteiger partial charge is 0.412 e. The molecule has 0 bridgehead atoms. The number of nitrogens with one attached hydrogen (secondary N) is 3. The van der Waals surface area contributed by atoms with E-state index in [2.05, 4.69) is 16.0 Å². The first-order valence-corrected chi connectivity index (χ1v) is 30.1. The zero-order chi connectivity index (χ0) is 62.7. The van der Waals surface area contributed by atoms with E-state index in [-0.39, 0.29) is 79.1 Å². The van der Waals surface area contributed by atoms with Crippen LogP contribution in [0.15, 0.2) is 72.8 Å². The third kappa shape index (κ3) is 18.8. The Balaban J connectivity index is 1.26. The van der Waals surface area contributed by atoms with Gasteiger partial charge in [0, 0.05) is 72.4 Å². The molecule has 3 aliphatic rings. The Morgan fingerprint density at radius 1 is 0.812 bits per heavy atom. The molecule has 0 saturated carbocycles. The molecule has 468 valence electrons. The van der Waals surface area contributed by atoms with Crippen molar-refractivity contribution in [3.05, 3.63) is 89.5 Å². The van der Waals surface area contributed by atoms with Gasteiger partial charge in [-0.05, 0) is 92.5 Å². The van der Waals surface area contributed by atoms with E-state index in [0.29, 0.717) is 43.4 Å². The number of ketones is 1. The number of carbonyl (C=O) groups is 9. The number of likely N-dealkylation sites (tertiary alicyclic amines) is 1. The highest BCUT2D eigenvalue weighted by Crippen LogP contribution is 2.32. The monoisotopic (exact) mass is 1180 g/mol. The van der Waals surface area contributed by atoms with Crippen LogP contribution in [0.3, 0.4) is 0 Å². The normalized spacial score (nSPS) is 19.8. The number of aliphatic hydroxyl groups excluding tert-OH is 1. The summed E-state index contributed by atoms with van der Waals surface area (Å²) in [4.78, 5) is 128. The largest absolute Gasteiger partial charge is 0.445 e. The number of allylic oxidation sites excluding steroid dienone is 1. The third-order valence-corrected chi connectivity index (χ3v) is 16.9. The van der Waals surface area contributed by atoms with Crippen LogP contribution in [0.5, 0.6) is 0 Å². The quantitative estimate of drug-likeness (QED) is 0.0448. The number of likely N-dealkylation sites (N-methyl/N-ethyl adjacent to an activating group) is 2. The van der Waals surface area contributed by atoms with Gasteiger partial charge in [-0.25, -0.2) is 9.59 Å². The van der Waals surface area contributed by atoms with E-state index in [4.69, 9.17) is 18.9 Å². The van der Waals surface area contributed by atoms with Gasteiger partial charge in [-0.2, -0.15) is 0 Å². The fraction of sp³-hybridized carbons (Fsp3) is 0.609. The highest BCUT2D eigenvalue weighted by atomic mass is 16.6. The SMILES string of the molecule is CC[C@H](C)[C@@H]([C@@H](CC(=O)N1CCC[C@H]1[C@H](OC)[C@@H](C)C(=O)N[C@H](C)[C@@H](O)c1ccccc1)OC)N(C)C(=O)[C@@H](CC(=O)[C@H](C(C)C)N(C)C(=O)OCc1ccc(NC(=O)OC2/C=C/CCCCC2)c(C(=O)NCCN2C(=O)C=CC2=O)c1)C(C)C. The Kier molecular flexibility index (Phi) is 26.8. The number of anilines is 1. The van der Waals surface area contributed by atoms with Crippen LogP contribution >= 0.6 is 0 Å². The zero-order valence-electron chi connectivity index (χ0n) is 51.9. The summed E-state index contributed by atoms with van der Waals surface area (Å²) < 4.78 is 23.5. The third-order valence-electron chi connectivity index (χ3n) is 16.9. The summed E-state index contributed by atoms with van der Waals surface area (Å²) in [6.07, 6.45) is 7.80. The number of nitrogens with zero attached hydrogens (tertiary/aromatic N) is 4. The number of carbonyl (C=O) groups excluding carboxylic acids is 9. The number of hydrogen-bond donors (Lipinski definition) is 4. The van der Waals surface area contributed by atoms with Crippen molar-refractivity contribution in [1.29, 1.82) is 0 Å². The van der Waals surface area contributed by atoms with Crippen molar-refractivity contribution >= 4 is 59.1 Å². The lowest BCUT2D eigenvalue weighted by Gasteiger charge is -2.41. The van der Waals surface area contributed by atoms with Crippen molar-refractivity contribution in [3.8, 4) is 0 Å². The fourth-order valence-corrected chi connectivity index (χ4v) is 11.8. The zero-order valence-corrected chi connectivity index (χ0v) is 51.9.